The molecular formula is C24H26N4O4. The van der Waals surface area contributed by atoms with Crippen molar-refractivity contribution in [2.75, 3.05) is 25.1 Å². The number of nitrogens with two attached hydrogens (primary N) is 1. The van der Waals surface area contributed by atoms with Crippen LogP contribution >= 0.6 is 0 Å². The zero-order chi connectivity index (χ0) is 22.6. The number of carboxylic acids is 1. The lowest BCUT2D eigenvalue weighted by Crippen LogP contribution is -2.34. The van der Waals surface area contributed by atoms with Gasteiger partial charge in [0.25, 0.3) is 0 Å². The molecule has 3 unspecified atom stereocenters. The first-order valence-electron chi connectivity index (χ1n) is 11.0. The molecule has 3 atom stereocenters. The number of pyridine rings is 1. The summed E-state index contributed by atoms with van der Waals surface area (Å²) in [5.41, 5.74) is 8.48. The van der Waals surface area contributed by atoms with Crippen LogP contribution in [0.3, 0.4) is 0 Å². The second kappa shape index (κ2) is 7.68. The van der Waals surface area contributed by atoms with Crippen LogP contribution in [0.5, 0.6) is 5.75 Å². The van der Waals surface area contributed by atoms with Gasteiger partial charge in [-0.1, -0.05) is 6.08 Å². The summed E-state index contributed by atoms with van der Waals surface area (Å²) in [6.45, 7) is 1.53. The Bertz CT molecular complexity index is 1240. The number of ether oxygens (including phenoxy) is 1. The number of methoxy groups -OCH3 is 1. The van der Waals surface area contributed by atoms with Gasteiger partial charge in [-0.15, -0.1) is 0 Å². The highest BCUT2D eigenvalue weighted by Gasteiger charge is 2.40. The van der Waals surface area contributed by atoms with Gasteiger partial charge >= 0.3 is 5.97 Å². The molecule has 1 aromatic heterocycles. The van der Waals surface area contributed by atoms with E-state index in [9.17, 15) is 14.7 Å². The van der Waals surface area contributed by atoms with E-state index in [2.05, 4.69) is 17.0 Å². The molecule has 0 bridgehead atoms. The second-order valence-corrected chi connectivity index (χ2v) is 9.02. The molecular weight excluding hydrogens is 408 g/mol. The third-order valence-corrected chi connectivity index (χ3v) is 7.15. The van der Waals surface area contributed by atoms with Crippen molar-refractivity contribution in [3.63, 3.8) is 0 Å². The summed E-state index contributed by atoms with van der Waals surface area (Å²) in [7, 11) is 1.59. The highest BCUT2D eigenvalue weighted by atomic mass is 16.5. The summed E-state index contributed by atoms with van der Waals surface area (Å²) < 4.78 is 7.75. The molecule has 1 aliphatic heterocycles. The number of hydrogen-bond acceptors (Lipinski definition) is 6. The fourth-order valence-corrected chi connectivity index (χ4v) is 5.40. The molecule has 166 valence electrons. The molecule has 3 aliphatic rings. The van der Waals surface area contributed by atoms with Crippen molar-refractivity contribution in [3.05, 3.63) is 45.8 Å². The standard InChI is InChI=1S/C24H26N4O4/c1-32-23-20(27-10-13-2-5-15(17(13)11-27)19(26)8-9-25)7-6-16-21(23)28(14-3-4-14)12-18(22(16)29)24(30)31/h2,6-7,12,14-15,17,19H,3-5,8,10-11,26H2,1H3,(H,30,31). The molecule has 2 fully saturated rings. The van der Waals surface area contributed by atoms with Gasteiger partial charge in [-0.05, 0) is 42.9 Å². The van der Waals surface area contributed by atoms with Gasteiger partial charge in [-0.2, -0.15) is 5.26 Å². The number of anilines is 1. The Hall–Kier alpha value is -3.31. The van der Waals surface area contributed by atoms with Gasteiger partial charge < -0.3 is 25.0 Å². The first-order chi connectivity index (χ1) is 15.4. The van der Waals surface area contributed by atoms with Gasteiger partial charge in [0.05, 0.1) is 36.2 Å². The van der Waals surface area contributed by atoms with Crippen LogP contribution in [0.2, 0.25) is 0 Å². The number of rotatable bonds is 6. The number of allylic oxidation sites excluding steroid dienone is 1. The number of benzene rings is 1. The monoisotopic (exact) mass is 434 g/mol. The van der Waals surface area contributed by atoms with Crippen LogP contribution in [0.1, 0.15) is 42.1 Å². The topological polar surface area (TPSA) is 122 Å². The Balaban J connectivity index is 1.59. The lowest BCUT2D eigenvalue weighted by atomic mass is 9.86. The molecule has 1 saturated carbocycles. The number of nitriles is 1. The normalized spacial score (nSPS) is 23.0. The smallest absolute Gasteiger partial charge is 0.341 e. The van der Waals surface area contributed by atoms with Gasteiger partial charge in [0.2, 0.25) is 5.43 Å². The Kier molecular flexibility index (Phi) is 4.94. The molecule has 2 heterocycles. The highest BCUT2D eigenvalue weighted by Crippen LogP contribution is 2.46. The fourth-order valence-electron chi connectivity index (χ4n) is 5.40. The van der Waals surface area contributed by atoms with Crippen LogP contribution in [0.25, 0.3) is 10.9 Å². The average molecular weight is 434 g/mol. The van der Waals surface area contributed by atoms with Gasteiger partial charge in [0.15, 0.2) is 5.75 Å². The molecule has 3 N–H and O–H groups in total. The summed E-state index contributed by atoms with van der Waals surface area (Å²) in [6, 6.07) is 5.80. The maximum absolute atomic E-state index is 12.9. The largest absolute Gasteiger partial charge is 0.492 e. The minimum absolute atomic E-state index is 0.147. The predicted octanol–water partition coefficient (Wildman–Crippen LogP) is 2.67. The average Bonchev–Trinajstić information content (AvgIpc) is 3.41. The Labute approximate surface area is 185 Å². The molecule has 1 aromatic carbocycles. The van der Waals surface area contributed by atoms with Crippen LogP contribution in [-0.4, -0.2) is 41.9 Å². The summed E-state index contributed by atoms with van der Waals surface area (Å²) in [5, 5.41) is 18.9. The Morgan fingerprint density at radius 3 is 2.84 bits per heavy atom. The predicted molar refractivity (Wildman–Crippen MR) is 120 cm³/mol. The summed E-state index contributed by atoms with van der Waals surface area (Å²) in [5.74, 6) is -0.0575. The lowest BCUT2D eigenvalue weighted by Gasteiger charge is -2.27. The minimum atomic E-state index is -1.21. The van der Waals surface area contributed by atoms with Crippen LogP contribution < -0.4 is 20.8 Å². The van der Waals surface area contributed by atoms with E-state index in [0.29, 0.717) is 29.0 Å². The van der Waals surface area contributed by atoms with Crippen molar-refractivity contribution in [2.24, 2.45) is 17.6 Å². The minimum Gasteiger partial charge on any atom is -0.492 e. The van der Waals surface area contributed by atoms with E-state index >= 15 is 0 Å². The summed E-state index contributed by atoms with van der Waals surface area (Å²) >= 11 is 0. The van der Waals surface area contributed by atoms with Crippen molar-refractivity contribution in [3.8, 4) is 11.8 Å². The first-order valence-corrected chi connectivity index (χ1v) is 11.0. The Morgan fingerprint density at radius 1 is 1.41 bits per heavy atom. The van der Waals surface area contributed by atoms with Crippen LogP contribution in [-0.2, 0) is 0 Å². The molecule has 8 nitrogen and oxygen atoms in total. The molecule has 2 aliphatic carbocycles. The van der Waals surface area contributed by atoms with Crippen molar-refractivity contribution < 1.29 is 14.6 Å². The zero-order valence-corrected chi connectivity index (χ0v) is 18.0. The lowest BCUT2D eigenvalue weighted by molar-refractivity contribution is 0.0695. The number of aromatic nitrogens is 1. The summed E-state index contributed by atoms with van der Waals surface area (Å²) in [4.78, 5) is 26.8. The van der Waals surface area contributed by atoms with Crippen molar-refractivity contribution in [1.29, 1.82) is 5.26 Å². The quantitative estimate of drug-likeness (QED) is 0.670. The zero-order valence-electron chi connectivity index (χ0n) is 18.0. The fraction of sp³-hybridized carbons (Fsp3) is 0.458. The summed E-state index contributed by atoms with van der Waals surface area (Å²) in [6.07, 6.45) is 6.86. The van der Waals surface area contributed by atoms with Crippen LogP contribution in [0.4, 0.5) is 5.69 Å². The molecule has 32 heavy (non-hydrogen) atoms. The number of carboxylic acid groups (broad SMARTS) is 1. The molecule has 0 spiro atoms. The van der Waals surface area contributed by atoms with Crippen molar-refractivity contribution >= 4 is 22.6 Å². The van der Waals surface area contributed by atoms with Gasteiger partial charge in [-0.3, -0.25) is 4.79 Å². The number of carbonyl (C=O) groups is 1. The van der Waals surface area contributed by atoms with E-state index in [4.69, 9.17) is 15.7 Å². The molecule has 0 radical (unpaired) electrons. The number of fused-ring (bicyclic) bond motifs is 2. The highest BCUT2D eigenvalue weighted by molar-refractivity contribution is 5.97. The van der Waals surface area contributed by atoms with E-state index < -0.39 is 11.4 Å². The van der Waals surface area contributed by atoms with Crippen LogP contribution in [0, 0.1) is 23.2 Å². The van der Waals surface area contributed by atoms with Gasteiger partial charge in [0.1, 0.15) is 5.56 Å². The maximum Gasteiger partial charge on any atom is 0.341 e. The van der Waals surface area contributed by atoms with E-state index in [-0.39, 0.29) is 23.6 Å². The molecule has 8 heteroatoms. The number of hydrogen-bond donors (Lipinski definition) is 2. The first kappa shape index (κ1) is 20.6. The number of nitrogens with zero attached hydrogens (tertiary/aromatic N) is 3. The molecule has 2 aromatic rings. The molecule has 1 saturated heterocycles. The maximum atomic E-state index is 12.9. The van der Waals surface area contributed by atoms with Crippen LogP contribution in [0.15, 0.2) is 34.8 Å². The molecule has 0 amide bonds. The van der Waals surface area contributed by atoms with Gasteiger partial charge in [-0.25, -0.2) is 4.79 Å². The van der Waals surface area contributed by atoms with E-state index in [1.165, 1.54) is 11.8 Å². The molecule has 5 rings (SSSR count). The van der Waals surface area contributed by atoms with Gasteiger partial charge in [0, 0.05) is 37.3 Å². The second-order valence-electron chi connectivity index (χ2n) is 9.02. The van der Waals surface area contributed by atoms with Crippen molar-refractivity contribution in [2.45, 2.75) is 37.8 Å². The Morgan fingerprint density at radius 2 is 2.19 bits per heavy atom. The third kappa shape index (κ3) is 3.16. The van der Waals surface area contributed by atoms with E-state index in [0.717, 1.165) is 38.0 Å². The van der Waals surface area contributed by atoms with E-state index in [1.54, 1.807) is 13.2 Å². The van der Waals surface area contributed by atoms with E-state index in [1.807, 2.05) is 10.6 Å². The SMILES string of the molecule is COc1c(N2CC3=CCC(C(N)CC#N)C3C2)ccc2c(=O)c(C(=O)O)cn(C3CC3)c12. The number of aromatic carboxylic acids is 1. The van der Waals surface area contributed by atoms with Crippen molar-refractivity contribution in [1.82, 2.24) is 4.57 Å². The third-order valence-electron chi connectivity index (χ3n) is 7.15.